The van der Waals surface area contributed by atoms with E-state index in [0.29, 0.717) is 22.9 Å². The standard InChI is InChI=1S/C23H23ClN2O3/c24-18-4-1-16(2-5-18)13-26-23(28)20-14-25-21-6-3-17(12-19(21)22(20)27)11-15-7-9-29-10-8-15/h1-6,12,14-15H,7-11,13H2,(H,25,27)(H,26,28). The summed E-state index contributed by atoms with van der Waals surface area (Å²) < 4.78 is 5.42. The molecular formula is C23H23ClN2O3. The summed E-state index contributed by atoms with van der Waals surface area (Å²) in [5, 5.41) is 4.00. The van der Waals surface area contributed by atoms with Crippen LogP contribution in [0.2, 0.25) is 5.02 Å². The van der Waals surface area contributed by atoms with Crippen molar-refractivity contribution in [1.82, 2.24) is 10.3 Å². The van der Waals surface area contributed by atoms with E-state index in [-0.39, 0.29) is 11.0 Å². The van der Waals surface area contributed by atoms with Crippen molar-refractivity contribution in [1.29, 1.82) is 0 Å². The molecule has 1 saturated heterocycles. The minimum absolute atomic E-state index is 0.120. The van der Waals surface area contributed by atoms with Crippen LogP contribution in [0.25, 0.3) is 10.9 Å². The SMILES string of the molecule is O=C(NCc1ccc(Cl)cc1)c1c[nH]c2ccc(CC3CCOCC3)cc2c1=O. The number of fused-ring (bicyclic) bond motifs is 1. The molecule has 1 aromatic heterocycles. The number of H-pyrrole nitrogens is 1. The van der Waals surface area contributed by atoms with Gasteiger partial charge in [0.15, 0.2) is 0 Å². The Bertz CT molecular complexity index is 1070. The van der Waals surface area contributed by atoms with Crippen LogP contribution in [-0.4, -0.2) is 24.1 Å². The number of ether oxygens (including phenoxy) is 1. The summed E-state index contributed by atoms with van der Waals surface area (Å²) in [4.78, 5) is 28.6. The van der Waals surface area contributed by atoms with Crippen molar-refractivity contribution >= 4 is 28.4 Å². The third-order valence-electron chi connectivity index (χ3n) is 5.42. The van der Waals surface area contributed by atoms with Crippen LogP contribution in [0.15, 0.2) is 53.5 Å². The van der Waals surface area contributed by atoms with Crippen LogP contribution in [0, 0.1) is 5.92 Å². The molecule has 0 aliphatic carbocycles. The molecule has 0 radical (unpaired) electrons. The minimum Gasteiger partial charge on any atom is -0.381 e. The second-order valence-corrected chi connectivity index (χ2v) is 7.92. The molecule has 1 amide bonds. The first-order valence-corrected chi connectivity index (χ1v) is 10.2. The largest absolute Gasteiger partial charge is 0.381 e. The molecule has 0 spiro atoms. The molecule has 0 saturated carbocycles. The van der Waals surface area contributed by atoms with Crippen molar-refractivity contribution in [2.45, 2.75) is 25.8 Å². The van der Waals surface area contributed by atoms with Crippen LogP contribution in [-0.2, 0) is 17.7 Å². The van der Waals surface area contributed by atoms with Gasteiger partial charge in [-0.3, -0.25) is 9.59 Å². The second-order valence-electron chi connectivity index (χ2n) is 7.48. The van der Waals surface area contributed by atoms with Gasteiger partial charge >= 0.3 is 0 Å². The van der Waals surface area contributed by atoms with Gasteiger partial charge < -0.3 is 15.0 Å². The predicted molar refractivity (Wildman–Crippen MR) is 114 cm³/mol. The number of aromatic amines is 1. The highest BCUT2D eigenvalue weighted by atomic mass is 35.5. The van der Waals surface area contributed by atoms with Gasteiger partial charge in [-0.05, 0) is 60.6 Å². The van der Waals surface area contributed by atoms with Crippen LogP contribution in [0.4, 0.5) is 0 Å². The summed E-state index contributed by atoms with van der Waals surface area (Å²) in [6.45, 7) is 1.94. The molecule has 2 N–H and O–H groups in total. The van der Waals surface area contributed by atoms with Crippen molar-refractivity contribution in [3.8, 4) is 0 Å². The fourth-order valence-electron chi connectivity index (χ4n) is 3.72. The first-order chi connectivity index (χ1) is 14.1. The van der Waals surface area contributed by atoms with E-state index >= 15 is 0 Å². The van der Waals surface area contributed by atoms with Gasteiger partial charge in [-0.15, -0.1) is 0 Å². The average molecular weight is 411 g/mol. The zero-order valence-corrected chi connectivity index (χ0v) is 16.8. The van der Waals surface area contributed by atoms with Crippen LogP contribution in [0.5, 0.6) is 0 Å². The second kappa shape index (κ2) is 8.80. The molecule has 0 bridgehead atoms. The topological polar surface area (TPSA) is 71.2 Å². The summed E-state index contributed by atoms with van der Waals surface area (Å²) in [6.07, 6.45) is 4.49. The zero-order valence-electron chi connectivity index (χ0n) is 16.0. The number of rotatable bonds is 5. The Morgan fingerprint density at radius 3 is 2.59 bits per heavy atom. The molecule has 1 fully saturated rings. The first-order valence-electron chi connectivity index (χ1n) is 9.85. The van der Waals surface area contributed by atoms with E-state index in [2.05, 4.69) is 10.3 Å². The van der Waals surface area contributed by atoms with Crippen molar-refractivity contribution in [3.63, 3.8) is 0 Å². The summed E-state index contributed by atoms with van der Waals surface area (Å²) in [7, 11) is 0. The lowest BCUT2D eigenvalue weighted by Gasteiger charge is -2.22. The van der Waals surface area contributed by atoms with E-state index < -0.39 is 5.91 Å². The van der Waals surface area contributed by atoms with Gasteiger partial charge in [0.25, 0.3) is 5.91 Å². The maximum absolute atomic E-state index is 13.0. The zero-order chi connectivity index (χ0) is 20.2. The van der Waals surface area contributed by atoms with Gasteiger partial charge in [0.1, 0.15) is 5.56 Å². The number of aromatic nitrogens is 1. The number of nitrogens with one attached hydrogen (secondary N) is 2. The Kier molecular flexibility index (Phi) is 5.97. The number of carbonyl (C=O) groups is 1. The smallest absolute Gasteiger partial charge is 0.257 e. The Hall–Kier alpha value is -2.63. The number of halogens is 1. The molecule has 3 aromatic rings. The number of hydrogen-bond donors (Lipinski definition) is 2. The number of hydrogen-bond acceptors (Lipinski definition) is 3. The van der Waals surface area contributed by atoms with Crippen LogP contribution in [0.3, 0.4) is 0 Å². The van der Waals surface area contributed by atoms with Crippen molar-refractivity contribution < 1.29 is 9.53 Å². The Morgan fingerprint density at radius 2 is 1.83 bits per heavy atom. The third-order valence-corrected chi connectivity index (χ3v) is 5.67. The molecule has 2 heterocycles. The molecule has 29 heavy (non-hydrogen) atoms. The van der Waals surface area contributed by atoms with Gasteiger partial charge in [-0.2, -0.15) is 0 Å². The Balaban J connectivity index is 1.52. The molecule has 150 valence electrons. The fraction of sp³-hybridized carbons (Fsp3) is 0.304. The van der Waals surface area contributed by atoms with Gasteiger partial charge in [0.2, 0.25) is 5.43 Å². The number of amides is 1. The van der Waals surface area contributed by atoms with Gasteiger partial charge in [0.05, 0.1) is 0 Å². The molecule has 2 aromatic carbocycles. The third kappa shape index (κ3) is 4.69. The maximum Gasteiger partial charge on any atom is 0.257 e. The van der Waals surface area contributed by atoms with Gasteiger partial charge in [-0.1, -0.05) is 29.8 Å². The molecule has 6 heteroatoms. The molecule has 5 nitrogen and oxygen atoms in total. The lowest BCUT2D eigenvalue weighted by Crippen LogP contribution is -2.28. The molecular weight excluding hydrogens is 388 g/mol. The summed E-state index contributed by atoms with van der Waals surface area (Å²) in [5.74, 6) is 0.184. The number of benzene rings is 2. The Morgan fingerprint density at radius 1 is 1.10 bits per heavy atom. The van der Waals surface area contributed by atoms with E-state index in [4.69, 9.17) is 16.3 Å². The molecule has 4 rings (SSSR count). The highest BCUT2D eigenvalue weighted by Gasteiger charge is 2.16. The van der Waals surface area contributed by atoms with E-state index in [9.17, 15) is 9.59 Å². The predicted octanol–water partition coefficient (Wildman–Crippen LogP) is 4.08. The van der Waals surface area contributed by atoms with Crippen molar-refractivity contribution in [3.05, 3.63) is 80.6 Å². The highest BCUT2D eigenvalue weighted by Crippen LogP contribution is 2.21. The summed E-state index contributed by atoms with van der Waals surface area (Å²) in [5.41, 5.74) is 2.64. The number of carbonyl (C=O) groups excluding carboxylic acids is 1. The van der Waals surface area contributed by atoms with Crippen LogP contribution in [0.1, 0.15) is 34.3 Å². The van der Waals surface area contributed by atoms with E-state index in [1.165, 1.54) is 6.20 Å². The summed E-state index contributed by atoms with van der Waals surface area (Å²) in [6, 6.07) is 13.1. The van der Waals surface area contributed by atoms with Crippen LogP contribution >= 0.6 is 11.6 Å². The van der Waals surface area contributed by atoms with Gasteiger partial charge in [-0.25, -0.2) is 0 Å². The van der Waals surface area contributed by atoms with E-state index in [1.54, 1.807) is 12.1 Å². The van der Waals surface area contributed by atoms with Crippen LogP contribution < -0.4 is 10.7 Å². The van der Waals surface area contributed by atoms with Crippen molar-refractivity contribution in [2.75, 3.05) is 13.2 Å². The van der Waals surface area contributed by atoms with Gasteiger partial charge in [0, 0.05) is 41.9 Å². The normalized spacial score (nSPS) is 14.8. The van der Waals surface area contributed by atoms with Crippen molar-refractivity contribution in [2.24, 2.45) is 5.92 Å². The molecule has 1 aliphatic rings. The summed E-state index contributed by atoms with van der Waals surface area (Å²) >= 11 is 5.88. The quantitative estimate of drug-likeness (QED) is 0.665. The highest BCUT2D eigenvalue weighted by molar-refractivity contribution is 6.30. The average Bonchev–Trinajstić information content (AvgIpc) is 2.74. The Labute approximate surface area is 174 Å². The lowest BCUT2D eigenvalue weighted by atomic mass is 9.92. The van der Waals surface area contributed by atoms with E-state index in [1.807, 2.05) is 30.3 Å². The first kappa shape index (κ1) is 19.7. The molecule has 0 atom stereocenters. The molecule has 0 unspecified atom stereocenters. The fourth-order valence-corrected chi connectivity index (χ4v) is 3.85. The lowest BCUT2D eigenvalue weighted by molar-refractivity contribution is 0.0665. The van der Waals surface area contributed by atoms with E-state index in [0.717, 1.165) is 49.1 Å². The maximum atomic E-state index is 13.0. The number of pyridine rings is 1. The monoisotopic (exact) mass is 410 g/mol. The minimum atomic E-state index is -0.391. The molecule has 1 aliphatic heterocycles.